The molecule has 0 saturated carbocycles. The first-order valence-corrected chi connectivity index (χ1v) is 7.53. The normalized spacial score (nSPS) is 16.1. The van der Waals surface area contributed by atoms with Gasteiger partial charge < -0.3 is 0 Å². The molecule has 0 saturated heterocycles. The lowest BCUT2D eigenvalue weighted by Gasteiger charge is -2.01. The highest BCUT2D eigenvalue weighted by molar-refractivity contribution is 5.84. The van der Waals surface area contributed by atoms with E-state index in [0.717, 1.165) is 18.4 Å². The molecule has 0 radical (unpaired) electrons. The van der Waals surface area contributed by atoms with Gasteiger partial charge >= 0.3 is 0 Å². The van der Waals surface area contributed by atoms with E-state index in [1.807, 2.05) is 42.5 Å². The first-order chi connectivity index (χ1) is 11.1. The molecule has 2 aromatic carbocycles. The molecule has 0 bridgehead atoms. The number of hydrogen-bond donors (Lipinski definition) is 2. The van der Waals surface area contributed by atoms with Crippen LogP contribution >= 0.6 is 0 Å². The molecule has 23 heavy (non-hydrogen) atoms. The second-order valence-corrected chi connectivity index (χ2v) is 5.43. The molecule has 0 fully saturated rings. The van der Waals surface area contributed by atoms with Crippen LogP contribution in [0.1, 0.15) is 24.0 Å². The molecule has 0 spiro atoms. The summed E-state index contributed by atoms with van der Waals surface area (Å²) in [4.78, 5) is 11.2. The summed E-state index contributed by atoms with van der Waals surface area (Å²) >= 11 is 0. The lowest BCUT2D eigenvalue weighted by atomic mass is 10.1. The smallest absolute Gasteiger partial charge is 0.250 e. The minimum atomic E-state index is -0.319. The molecule has 1 amide bonds. The van der Waals surface area contributed by atoms with Crippen molar-refractivity contribution in [3.8, 4) is 0 Å². The van der Waals surface area contributed by atoms with Crippen LogP contribution in [0.4, 0.5) is 4.39 Å². The Bertz CT molecular complexity index is 662. The third-order valence-corrected chi connectivity index (χ3v) is 3.80. The lowest BCUT2D eigenvalue weighted by molar-refractivity contribution is -0.131. The van der Waals surface area contributed by atoms with E-state index in [4.69, 9.17) is 5.21 Å². The molecule has 4 heteroatoms. The number of allylic oxidation sites excluding steroid dienone is 1. The fourth-order valence-corrected chi connectivity index (χ4v) is 2.45. The molecule has 1 aliphatic carbocycles. The van der Waals surface area contributed by atoms with Crippen LogP contribution in [0, 0.1) is 18.7 Å². The van der Waals surface area contributed by atoms with Crippen molar-refractivity contribution in [2.24, 2.45) is 5.92 Å². The summed E-state index contributed by atoms with van der Waals surface area (Å²) in [7, 11) is 0. The Morgan fingerprint density at radius 2 is 1.78 bits per heavy atom. The Kier molecular flexibility index (Phi) is 6.06. The average molecular weight is 313 g/mol. The monoisotopic (exact) mass is 313 g/mol. The highest BCUT2D eigenvalue weighted by atomic mass is 19.1. The minimum Gasteiger partial charge on any atom is -0.289 e. The second kappa shape index (κ2) is 8.25. The topological polar surface area (TPSA) is 49.3 Å². The summed E-state index contributed by atoms with van der Waals surface area (Å²) in [5.74, 6) is -0.640. The predicted molar refractivity (Wildman–Crippen MR) is 88.2 cm³/mol. The zero-order valence-corrected chi connectivity index (χ0v) is 13.0. The molecule has 0 aliphatic heterocycles. The SMILES string of the molecule is Cc1ccccc1F.O=C(NO)C1C=C(c2ccccc2)CC1. The van der Waals surface area contributed by atoms with Crippen LogP contribution in [0.2, 0.25) is 0 Å². The Balaban J connectivity index is 0.000000203. The first-order valence-electron chi connectivity index (χ1n) is 7.53. The Morgan fingerprint density at radius 1 is 1.13 bits per heavy atom. The molecule has 120 valence electrons. The van der Waals surface area contributed by atoms with Crippen LogP contribution in [-0.4, -0.2) is 11.1 Å². The summed E-state index contributed by atoms with van der Waals surface area (Å²) < 4.78 is 12.3. The van der Waals surface area contributed by atoms with Crippen molar-refractivity contribution in [3.05, 3.63) is 77.6 Å². The summed E-state index contributed by atoms with van der Waals surface area (Å²) in [5.41, 5.74) is 4.74. The van der Waals surface area contributed by atoms with Crippen LogP contribution < -0.4 is 5.48 Å². The third kappa shape index (κ3) is 4.76. The zero-order chi connectivity index (χ0) is 16.7. The standard InChI is InChI=1S/C12H13NO2.C7H7F/c14-12(13-15)11-7-6-10(8-11)9-4-2-1-3-5-9;1-6-4-2-3-5-7(6)8/h1-5,8,11,15H,6-7H2,(H,13,14);2-5H,1H3. The van der Waals surface area contributed by atoms with E-state index in [9.17, 15) is 9.18 Å². The van der Waals surface area contributed by atoms with Crippen LogP contribution in [0.25, 0.3) is 5.57 Å². The quantitative estimate of drug-likeness (QED) is 0.647. The van der Waals surface area contributed by atoms with Crippen molar-refractivity contribution in [2.75, 3.05) is 0 Å². The molecule has 1 unspecified atom stereocenters. The first kappa shape index (κ1) is 16.9. The Morgan fingerprint density at radius 3 is 2.35 bits per heavy atom. The molecule has 3 nitrogen and oxygen atoms in total. The van der Waals surface area contributed by atoms with Crippen LogP contribution in [0.3, 0.4) is 0 Å². The van der Waals surface area contributed by atoms with E-state index < -0.39 is 0 Å². The number of amides is 1. The van der Waals surface area contributed by atoms with Gasteiger partial charge in [-0.05, 0) is 42.5 Å². The number of hydroxylamine groups is 1. The van der Waals surface area contributed by atoms with E-state index in [1.54, 1.807) is 24.5 Å². The maximum atomic E-state index is 12.3. The van der Waals surface area contributed by atoms with Crippen LogP contribution in [0.5, 0.6) is 0 Å². The number of benzene rings is 2. The fourth-order valence-electron chi connectivity index (χ4n) is 2.45. The van der Waals surface area contributed by atoms with Crippen molar-refractivity contribution in [1.82, 2.24) is 5.48 Å². The second-order valence-electron chi connectivity index (χ2n) is 5.43. The van der Waals surface area contributed by atoms with Crippen molar-refractivity contribution in [1.29, 1.82) is 0 Å². The minimum absolute atomic E-state index is 0.132. The molecule has 0 aromatic heterocycles. The molecular weight excluding hydrogens is 293 g/mol. The number of hydrogen-bond acceptors (Lipinski definition) is 2. The highest BCUT2D eigenvalue weighted by Crippen LogP contribution is 2.31. The van der Waals surface area contributed by atoms with Crippen LogP contribution in [0.15, 0.2) is 60.7 Å². The molecule has 3 rings (SSSR count). The number of halogens is 1. The van der Waals surface area contributed by atoms with Gasteiger partial charge in [0.15, 0.2) is 0 Å². The van der Waals surface area contributed by atoms with E-state index in [0.29, 0.717) is 5.56 Å². The van der Waals surface area contributed by atoms with E-state index in [1.165, 1.54) is 11.6 Å². The third-order valence-electron chi connectivity index (χ3n) is 3.80. The van der Waals surface area contributed by atoms with E-state index in [-0.39, 0.29) is 17.6 Å². The maximum absolute atomic E-state index is 12.3. The van der Waals surface area contributed by atoms with Crippen LogP contribution in [-0.2, 0) is 4.79 Å². The molecular formula is C19H20FNO2. The predicted octanol–water partition coefficient (Wildman–Crippen LogP) is 4.12. The van der Waals surface area contributed by atoms with Crippen molar-refractivity contribution in [3.63, 3.8) is 0 Å². The summed E-state index contributed by atoms with van der Waals surface area (Å²) in [6.45, 7) is 1.75. The molecule has 1 atom stereocenters. The van der Waals surface area contributed by atoms with Crippen molar-refractivity contribution >= 4 is 11.5 Å². The number of nitrogens with one attached hydrogen (secondary N) is 1. The van der Waals surface area contributed by atoms with Gasteiger partial charge in [-0.2, -0.15) is 0 Å². The van der Waals surface area contributed by atoms with Gasteiger partial charge in [-0.25, -0.2) is 9.87 Å². The van der Waals surface area contributed by atoms with Crippen molar-refractivity contribution in [2.45, 2.75) is 19.8 Å². The average Bonchev–Trinajstić information content (AvgIpc) is 3.08. The summed E-state index contributed by atoms with van der Waals surface area (Å²) in [6, 6.07) is 16.7. The molecule has 2 N–H and O–H groups in total. The highest BCUT2D eigenvalue weighted by Gasteiger charge is 2.22. The molecule has 2 aromatic rings. The van der Waals surface area contributed by atoms with E-state index >= 15 is 0 Å². The number of carbonyl (C=O) groups is 1. The number of carbonyl (C=O) groups excluding carboxylic acids is 1. The zero-order valence-electron chi connectivity index (χ0n) is 13.0. The maximum Gasteiger partial charge on any atom is 0.250 e. The van der Waals surface area contributed by atoms with Gasteiger partial charge in [-0.3, -0.25) is 10.0 Å². The van der Waals surface area contributed by atoms with Gasteiger partial charge in [0, 0.05) is 0 Å². The van der Waals surface area contributed by atoms with Gasteiger partial charge in [-0.15, -0.1) is 0 Å². The van der Waals surface area contributed by atoms with E-state index in [2.05, 4.69) is 0 Å². The van der Waals surface area contributed by atoms with Gasteiger partial charge in [0.25, 0.3) is 0 Å². The largest absolute Gasteiger partial charge is 0.289 e. The molecule has 1 aliphatic rings. The van der Waals surface area contributed by atoms with Gasteiger partial charge in [0.2, 0.25) is 5.91 Å². The van der Waals surface area contributed by atoms with Crippen molar-refractivity contribution < 1.29 is 14.4 Å². The Hall–Kier alpha value is -2.46. The summed E-state index contributed by atoms with van der Waals surface area (Å²) in [5, 5.41) is 8.52. The number of aryl methyl sites for hydroxylation is 1. The fraction of sp³-hybridized carbons (Fsp3) is 0.211. The Labute approximate surface area is 135 Å². The van der Waals surface area contributed by atoms with Gasteiger partial charge in [0.05, 0.1) is 5.92 Å². The number of rotatable bonds is 2. The van der Waals surface area contributed by atoms with Gasteiger partial charge in [0.1, 0.15) is 5.82 Å². The van der Waals surface area contributed by atoms with Gasteiger partial charge in [-0.1, -0.05) is 54.6 Å². The lowest BCUT2D eigenvalue weighted by Crippen LogP contribution is -2.25. The molecule has 0 heterocycles. The summed E-state index contributed by atoms with van der Waals surface area (Å²) in [6.07, 6.45) is 3.60.